The Kier molecular flexibility index (Phi) is 7.44. The number of anilines is 2. The van der Waals surface area contributed by atoms with Gasteiger partial charge in [0, 0.05) is 34.7 Å². The second-order valence-corrected chi connectivity index (χ2v) is 10.8. The summed E-state index contributed by atoms with van der Waals surface area (Å²) >= 11 is 1.60. The summed E-state index contributed by atoms with van der Waals surface area (Å²) in [4.78, 5) is 35.9. The molecule has 31 heavy (non-hydrogen) atoms. The molecule has 1 amide bonds. The summed E-state index contributed by atoms with van der Waals surface area (Å²) < 4.78 is 11.9. The number of hydrogen-bond donors (Lipinski definition) is 3. The number of nitrogens with two attached hydrogens (primary N) is 1. The van der Waals surface area contributed by atoms with E-state index in [4.69, 9.17) is 5.73 Å². The van der Waals surface area contributed by atoms with Crippen molar-refractivity contribution in [3.05, 3.63) is 71.1 Å². The molecule has 0 aliphatic rings. The first kappa shape index (κ1) is 22.9. The highest BCUT2D eigenvalue weighted by molar-refractivity contribution is 7.58. The molecule has 1 heterocycles. The van der Waals surface area contributed by atoms with E-state index in [0.29, 0.717) is 28.9 Å². The predicted molar refractivity (Wildman–Crippen MR) is 127 cm³/mol. The highest BCUT2D eigenvalue weighted by Gasteiger charge is 2.19. The Morgan fingerprint density at radius 2 is 1.77 bits per heavy atom. The van der Waals surface area contributed by atoms with E-state index in [9.17, 15) is 19.0 Å². The Morgan fingerprint density at radius 3 is 2.42 bits per heavy atom. The highest BCUT2D eigenvalue weighted by atomic mass is 32.1. The van der Waals surface area contributed by atoms with Gasteiger partial charge in [-0.05, 0) is 47.7 Å². The third-order valence-electron chi connectivity index (χ3n) is 4.84. The van der Waals surface area contributed by atoms with Gasteiger partial charge < -0.3 is 15.9 Å². The minimum atomic E-state index is -3.25. The summed E-state index contributed by atoms with van der Waals surface area (Å²) in [5.41, 5.74) is 8.76. The fourth-order valence-corrected chi connectivity index (χ4v) is 5.34. The molecule has 1 unspecified atom stereocenters. The Bertz CT molecular complexity index is 1110. The Morgan fingerprint density at radius 1 is 1.06 bits per heavy atom. The van der Waals surface area contributed by atoms with Crippen LogP contribution in [-0.2, 0) is 4.57 Å². The molecular weight excluding hydrogens is 431 g/mol. The molecule has 1 atom stereocenters. The maximum Gasteiger partial charge on any atom is 0.255 e. The van der Waals surface area contributed by atoms with Crippen molar-refractivity contribution in [2.75, 3.05) is 23.4 Å². The van der Waals surface area contributed by atoms with Gasteiger partial charge in [-0.3, -0.25) is 14.2 Å². The number of nitrogen functional groups attached to an aromatic ring is 1. The van der Waals surface area contributed by atoms with Gasteiger partial charge >= 0.3 is 0 Å². The summed E-state index contributed by atoms with van der Waals surface area (Å²) in [6.07, 6.45) is 0.801. The van der Waals surface area contributed by atoms with Gasteiger partial charge in [-0.15, -0.1) is 11.3 Å². The van der Waals surface area contributed by atoms with Crippen molar-refractivity contribution < 1.29 is 19.0 Å². The molecule has 4 N–H and O–H groups in total. The first-order valence-corrected chi connectivity index (χ1v) is 12.9. The maximum atomic E-state index is 12.7. The topological polar surface area (TPSA) is 109 Å². The number of ketones is 1. The van der Waals surface area contributed by atoms with Crippen molar-refractivity contribution >= 4 is 41.8 Å². The number of benzene rings is 2. The monoisotopic (exact) mass is 456 g/mol. The van der Waals surface area contributed by atoms with Crippen LogP contribution in [0.25, 0.3) is 10.4 Å². The summed E-state index contributed by atoms with van der Waals surface area (Å²) in [5, 5.41) is 4.80. The lowest BCUT2D eigenvalue weighted by Crippen LogP contribution is -2.13. The molecule has 3 aromatic rings. The molecule has 3 rings (SSSR count). The van der Waals surface area contributed by atoms with Crippen LogP contribution in [0.15, 0.2) is 60.0 Å². The lowest BCUT2D eigenvalue weighted by molar-refractivity contribution is 0.0984. The number of rotatable bonds is 9. The lowest BCUT2D eigenvalue weighted by atomic mass is 10.1. The molecule has 0 saturated heterocycles. The van der Waals surface area contributed by atoms with Gasteiger partial charge in [-0.2, -0.15) is 0 Å². The van der Waals surface area contributed by atoms with Crippen LogP contribution < -0.4 is 11.1 Å². The normalized spacial score (nSPS) is 12.8. The largest absolute Gasteiger partial charge is 0.397 e. The molecule has 6 nitrogen and oxygen atoms in total. The standard InChI is InChI=1S/C23H25N2O4PS/c1-2-12-30(28,29)13-11-21(26)16-5-7-17(8-6-16)23(27)25-20-15-18(9-10-19(20)24)22-4-3-14-31-22/h3-10,14-15H,2,11-13,24H2,1H3,(H,25,27)(H,28,29). The first-order valence-electron chi connectivity index (χ1n) is 9.98. The fourth-order valence-electron chi connectivity index (χ4n) is 3.14. The van der Waals surface area contributed by atoms with E-state index in [1.54, 1.807) is 41.7 Å². The highest BCUT2D eigenvalue weighted by Crippen LogP contribution is 2.41. The zero-order chi connectivity index (χ0) is 22.4. The Balaban J connectivity index is 1.66. The van der Waals surface area contributed by atoms with Crippen LogP contribution in [0.4, 0.5) is 11.4 Å². The average molecular weight is 457 g/mol. The predicted octanol–water partition coefficient (Wildman–Crippen LogP) is 5.50. The van der Waals surface area contributed by atoms with Crippen LogP contribution in [0.3, 0.4) is 0 Å². The van der Waals surface area contributed by atoms with Crippen molar-refractivity contribution in [3.8, 4) is 10.4 Å². The number of carbonyl (C=O) groups excluding carboxylic acids is 2. The van der Waals surface area contributed by atoms with Crippen molar-refractivity contribution in [2.24, 2.45) is 0 Å². The fraction of sp³-hybridized carbons (Fsp3) is 0.217. The molecule has 8 heteroatoms. The van der Waals surface area contributed by atoms with Crippen molar-refractivity contribution in [2.45, 2.75) is 19.8 Å². The lowest BCUT2D eigenvalue weighted by Gasteiger charge is -2.11. The summed E-state index contributed by atoms with van der Waals surface area (Å²) in [6.45, 7) is 1.83. The first-order chi connectivity index (χ1) is 14.8. The van der Waals surface area contributed by atoms with Gasteiger partial charge in [0.2, 0.25) is 7.37 Å². The number of hydrogen-bond acceptors (Lipinski definition) is 5. The van der Waals surface area contributed by atoms with E-state index < -0.39 is 7.37 Å². The average Bonchev–Trinajstić information content (AvgIpc) is 3.28. The van der Waals surface area contributed by atoms with Crippen LogP contribution in [0.5, 0.6) is 0 Å². The molecule has 0 radical (unpaired) electrons. The second-order valence-electron chi connectivity index (χ2n) is 7.28. The van der Waals surface area contributed by atoms with Crippen LogP contribution in [-0.4, -0.2) is 28.9 Å². The zero-order valence-electron chi connectivity index (χ0n) is 17.2. The van der Waals surface area contributed by atoms with Gasteiger partial charge in [0.25, 0.3) is 5.91 Å². The van der Waals surface area contributed by atoms with Crippen LogP contribution >= 0.6 is 18.7 Å². The molecule has 0 aliphatic carbocycles. The van der Waals surface area contributed by atoms with E-state index in [1.165, 1.54) is 0 Å². The maximum absolute atomic E-state index is 12.7. The molecule has 1 aromatic heterocycles. The smallest absolute Gasteiger partial charge is 0.255 e. The number of amides is 1. The molecule has 0 aliphatic heterocycles. The minimum absolute atomic E-state index is 0.00532. The van der Waals surface area contributed by atoms with E-state index in [-0.39, 0.29) is 30.4 Å². The van der Waals surface area contributed by atoms with Gasteiger partial charge in [-0.1, -0.05) is 31.2 Å². The summed E-state index contributed by atoms with van der Waals surface area (Å²) in [6, 6.07) is 15.7. The molecular formula is C23H25N2O4PS. The van der Waals surface area contributed by atoms with Crippen LogP contribution in [0.2, 0.25) is 0 Å². The van der Waals surface area contributed by atoms with Gasteiger partial charge in [-0.25, -0.2) is 0 Å². The van der Waals surface area contributed by atoms with E-state index in [1.807, 2.05) is 36.6 Å². The van der Waals surface area contributed by atoms with Crippen LogP contribution in [0, 0.1) is 0 Å². The molecule has 0 spiro atoms. The van der Waals surface area contributed by atoms with Crippen molar-refractivity contribution in [1.82, 2.24) is 0 Å². The van der Waals surface area contributed by atoms with Crippen molar-refractivity contribution in [3.63, 3.8) is 0 Å². The number of Topliss-reactive ketones (excluding diaryl/α,β-unsaturated/α-hetero) is 1. The molecule has 0 bridgehead atoms. The van der Waals surface area contributed by atoms with E-state index in [2.05, 4.69) is 5.32 Å². The Labute approximate surface area is 185 Å². The van der Waals surface area contributed by atoms with Crippen molar-refractivity contribution in [1.29, 1.82) is 0 Å². The van der Waals surface area contributed by atoms with Gasteiger partial charge in [0.15, 0.2) is 5.78 Å². The summed E-state index contributed by atoms with van der Waals surface area (Å²) in [7, 11) is -3.25. The third-order valence-corrected chi connectivity index (χ3v) is 7.82. The number of thiophene rings is 1. The second kappa shape index (κ2) is 10.1. The minimum Gasteiger partial charge on any atom is -0.397 e. The SMILES string of the molecule is CCCP(=O)(O)CCC(=O)c1ccc(C(=O)Nc2cc(-c3cccs3)ccc2N)cc1. The molecule has 2 aromatic carbocycles. The van der Waals surface area contributed by atoms with E-state index in [0.717, 1.165) is 10.4 Å². The third kappa shape index (κ3) is 6.14. The Hall–Kier alpha value is -2.73. The summed E-state index contributed by atoms with van der Waals surface area (Å²) in [5.74, 6) is -0.554. The quantitative estimate of drug-likeness (QED) is 0.224. The van der Waals surface area contributed by atoms with Gasteiger partial charge in [0.05, 0.1) is 11.4 Å². The zero-order valence-corrected chi connectivity index (χ0v) is 18.9. The molecule has 0 fully saturated rings. The molecule has 162 valence electrons. The van der Waals surface area contributed by atoms with Crippen LogP contribution in [0.1, 0.15) is 40.5 Å². The van der Waals surface area contributed by atoms with Gasteiger partial charge in [0.1, 0.15) is 0 Å². The number of carbonyl (C=O) groups is 2. The van der Waals surface area contributed by atoms with E-state index >= 15 is 0 Å². The number of nitrogens with one attached hydrogen (secondary N) is 1. The molecule has 0 saturated carbocycles.